The van der Waals surface area contributed by atoms with E-state index in [-0.39, 0.29) is 38.2 Å². The van der Waals surface area contributed by atoms with Gasteiger partial charge in [0.1, 0.15) is 22.8 Å². The SMILES string of the molecule is O=S(Nc1nncs1)c1cc(Cl)c(Oc2ccc(-c3ccccc3C(F)(F)F)cc2-c2ccnn2C2CNC2)cc1F. The Kier molecular flexibility index (Phi) is 7.70. The van der Waals surface area contributed by atoms with Gasteiger partial charge in [0.2, 0.25) is 5.13 Å². The molecule has 2 aromatic heterocycles. The zero-order valence-electron chi connectivity index (χ0n) is 21.2. The lowest BCUT2D eigenvalue weighted by atomic mass is 9.96. The topological polar surface area (TPSA) is 94.0 Å². The maximum atomic E-state index is 15.1. The normalized spacial score (nSPS) is 14.4. The number of alkyl halides is 3. The Hall–Kier alpha value is -3.85. The highest BCUT2D eigenvalue weighted by molar-refractivity contribution is 7.86. The Morgan fingerprint density at radius 1 is 1.07 bits per heavy atom. The van der Waals surface area contributed by atoms with Gasteiger partial charge in [-0.25, -0.2) is 8.60 Å². The van der Waals surface area contributed by atoms with E-state index in [1.54, 1.807) is 23.0 Å². The van der Waals surface area contributed by atoms with Crippen molar-refractivity contribution in [3.63, 3.8) is 0 Å². The fourth-order valence-corrected chi connectivity index (χ4v) is 6.18. The standard InChI is InChI=1S/C27H19ClF4N6O2S2/c28-20-10-25(42(39)37-26-36-34-14-41-26)21(29)11-24(20)40-23-6-5-15(17-3-1-2-4-19(17)27(30,31)32)9-18(23)22-7-8-35-38(22)16-12-33-13-16/h1-11,14,16,33H,12-13H2,(H,36,37). The molecule has 5 aromatic rings. The lowest BCUT2D eigenvalue weighted by Gasteiger charge is -2.29. The molecule has 0 saturated carbocycles. The maximum Gasteiger partial charge on any atom is 0.417 e. The summed E-state index contributed by atoms with van der Waals surface area (Å²) in [5.41, 5.74) is 1.97. The molecule has 0 spiro atoms. The minimum absolute atomic E-state index is 0.00647. The number of anilines is 1. The maximum absolute atomic E-state index is 15.1. The fourth-order valence-electron chi connectivity index (χ4n) is 4.43. The molecule has 1 aliphatic heterocycles. The van der Waals surface area contributed by atoms with Crippen molar-refractivity contribution in [3.8, 4) is 33.9 Å². The van der Waals surface area contributed by atoms with Crippen LogP contribution in [0.2, 0.25) is 5.02 Å². The number of benzene rings is 3. The predicted octanol–water partition coefficient (Wildman–Crippen LogP) is 6.95. The third kappa shape index (κ3) is 5.62. The molecule has 8 nitrogen and oxygen atoms in total. The molecule has 2 N–H and O–H groups in total. The van der Waals surface area contributed by atoms with E-state index in [4.69, 9.17) is 16.3 Å². The summed E-state index contributed by atoms with van der Waals surface area (Å²) >= 11 is 7.53. The summed E-state index contributed by atoms with van der Waals surface area (Å²) in [4.78, 5) is -0.225. The molecule has 3 heterocycles. The second-order valence-electron chi connectivity index (χ2n) is 9.16. The Balaban J connectivity index is 1.41. The van der Waals surface area contributed by atoms with Crippen LogP contribution in [-0.4, -0.2) is 37.3 Å². The summed E-state index contributed by atoms with van der Waals surface area (Å²) in [5, 5.41) is 15.2. The van der Waals surface area contributed by atoms with Gasteiger partial charge in [-0.05, 0) is 41.5 Å². The minimum Gasteiger partial charge on any atom is -0.455 e. The first-order valence-electron chi connectivity index (χ1n) is 12.4. The van der Waals surface area contributed by atoms with Gasteiger partial charge in [0.25, 0.3) is 0 Å². The van der Waals surface area contributed by atoms with Crippen LogP contribution in [0, 0.1) is 5.82 Å². The van der Waals surface area contributed by atoms with Gasteiger partial charge in [-0.2, -0.15) is 18.3 Å². The average molecular weight is 635 g/mol. The van der Waals surface area contributed by atoms with Crippen LogP contribution in [0.25, 0.3) is 22.4 Å². The summed E-state index contributed by atoms with van der Waals surface area (Å²) in [6.45, 7) is 1.34. The molecule has 1 saturated heterocycles. The number of nitrogens with one attached hydrogen (secondary N) is 2. The molecular formula is C27H19ClF4N6O2S2. The molecule has 1 fully saturated rings. The van der Waals surface area contributed by atoms with Crippen LogP contribution in [-0.2, 0) is 17.2 Å². The molecule has 1 unspecified atom stereocenters. The monoisotopic (exact) mass is 634 g/mol. The zero-order valence-corrected chi connectivity index (χ0v) is 23.6. The molecule has 1 atom stereocenters. The van der Waals surface area contributed by atoms with E-state index in [1.807, 2.05) is 0 Å². The van der Waals surface area contributed by atoms with Crippen LogP contribution >= 0.6 is 22.9 Å². The van der Waals surface area contributed by atoms with Gasteiger partial charge in [0, 0.05) is 30.9 Å². The third-order valence-corrected chi connectivity index (χ3v) is 8.64. The largest absolute Gasteiger partial charge is 0.455 e. The summed E-state index contributed by atoms with van der Waals surface area (Å²) in [7, 11) is -2.02. The minimum atomic E-state index is -4.57. The Morgan fingerprint density at radius 2 is 1.88 bits per heavy atom. The molecule has 42 heavy (non-hydrogen) atoms. The molecule has 216 valence electrons. The van der Waals surface area contributed by atoms with Crippen LogP contribution in [0.4, 0.5) is 22.7 Å². The van der Waals surface area contributed by atoms with Crippen molar-refractivity contribution in [2.75, 3.05) is 17.8 Å². The third-order valence-electron chi connectivity index (χ3n) is 6.52. The molecular weight excluding hydrogens is 616 g/mol. The Morgan fingerprint density at radius 3 is 2.60 bits per heavy atom. The first kappa shape index (κ1) is 28.3. The van der Waals surface area contributed by atoms with Crippen LogP contribution in [0.1, 0.15) is 11.6 Å². The van der Waals surface area contributed by atoms with Crippen molar-refractivity contribution in [2.24, 2.45) is 0 Å². The fraction of sp³-hybridized carbons (Fsp3) is 0.148. The number of nitrogens with zero attached hydrogens (tertiary/aromatic N) is 4. The van der Waals surface area contributed by atoms with Crippen molar-refractivity contribution in [2.45, 2.75) is 17.1 Å². The van der Waals surface area contributed by atoms with Crippen LogP contribution < -0.4 is 14.8 Å². The number of ether oxygens (including phenoxy) is 1. The first-order chi connectivity index (χ1) is 20.2. The van der Waals surface area contributed by atoms with Crippen LogP contribution in [0.15, 0.2) is 77.3 Å². The molecule has 0 aliphatic carbocycles. The number of aromatic nitrogens is 4. The van der Waals surface area contributed by atoms with Crippen LogP contribution in [0.3, 0.4) is 0 Å². The number of hydrogen-bond donors (Lipinski definition) is 2. The zero-order chi connectivity index (χ0) is 29.4. The van der Waals surface area contributed by atoms with Crippen molar-refractivity contribution in [1.82, 2.24) is 25.3 Å². The van der Waals surface area contributed by atoms with E-state index in [1.165, 1.54) is 41.9 Å². The summed E-state index contributed by atoms with van der Waals surface area (Å²) in [5.74, 6) is -0.723. The first-order valence-corrected chi connectivity index (χ1v) is 14.8. The van der Waals surface area contributed by atoms with Gasteiger partial charge in [-0.15, -0.1) is 10.2 Å². The van der Waals surface area contributed by atoms with E-state index in [2.05, 4.69) is 25.3 Å². The van der Waals surface area contributed by atoms with E-state index >= 15 is 4.39 Å². The average Bonchev–Trinajstić information content (AvgIpc) is 3.62. The van der Waals surface area contributed by atoms with E-state index < -0.39 is 28.5 Å². The quantitative estimate of drug-likeness (QED) is 0.179. The second-order valence-corrected chi connectivity index (χ2v) is 11.6. The number of rotatable bonds is 8. The smallest absolute Gasteiger partial charge is 0.417 e. The Labute approximate surface area is 247 Å². The van der Waals surface area contributed by atoms with Crippen molar-refractivity contribution in [1.29, 1.82) is 0 Å². The van der Waals surface area contributed by atoms with Gasteiger partial charge in [-0.1, -0.05) is 47.2 Å². The van der Waals surface area contributed by atoms with E-state index in [0.29, 0.717) is 29.9 Å². The predicted molar refractivity (Wildman–Crippen MR) is 151 cm³/mol. The highest BCUT2D eigenvalue weighted by Crippen LogP contribution is 2.43. The summed E-state index contributed by atoms with van der Waals surface area (Å²) in [6.07, 6.45) is -2.97. The molecule has 0 amide bonds. The molecule has 15 heteroatoms. The highest BCUT2D eigenvalue weighted by Gasteiger charge is 2.33. The van der Waals surface area contributed by atoms with Crippen molar-refractivity contribution >= 4 is 39.1 Å². The number of halogens is 5. The summed E-state index contributed by atoms with van der Waals surface area (Å²) in [6, 6.07) is 13.8. The molecule has 3 aromatic carbocycles. The van der Waals surface area contributed by atoms with Crippen LogP contribution in [0.5, 0.6) is 11.5 Å². The van der Waals surface area contributed by atoms with Gasteiger partial charge < -0.3 is 10.1 Å². The van der Waals surface area contributed by atoms with Gasteiger partial charge in [0.05, 0.1) is 27.2 Å². The van der Waals surface area contributed by atoms with Gasteiger partial charge in [-0.3, -0.25) is 9.40 Å². The highest BCUT2D eigenvalue weighted by atomic mass is 35.5. The van der Waals surface area contributed by atoms with Gasteiger partial charge in [0.15, 0.2) is 11.0 Å². The number of hydrogen-bond acceptors (Lipinski definition) is 7. The molecule has 0 bridgehead atoms. The van der Waals surface area contributed by atoms with Crippen molar-refractivity contribution < 1.29 is 26.5 Å². The molecule has 0 radical (unpaired) electrons. The lowest BCUT2D eigenvalue weighted by molar-refractivity contribution is -0.137. The van der Waals surface area contributed by atoms with E-state index in [9.17, 15) is 17.4 Å². The molecule has 1 aliphatic rings. The van der Waals surface area contributed by atoms with E-state index in [0.717, 1.165) is 23.5 Å². The molecule has 6 rings (SSSR count). The van der Waals surface area contributed by atoms with Gasteiger partial charge >= 0.3 is 6.18 Å². The lowest BCUT2D eigenvalue weighted by Crippen LogP contribution is -2.44. The Bertz CT molecular complexity index is 1780. The second kappa shape index (κ2) is 11.4. The van der Waals surface area contributed by atoms with Crippen molar-refractivity contribution in [3.05, 3.63) is 88.8 Å². The summed E-state index contributed by atoms with van der Waals surface area (Å²) < 4.78 is 79.7.